The average molecular weight is 288 g/mol. The molecule has 112 valence electrons. The summed E-state index contributed by atoms with van der Waals surface area (Å²) in [6, 6.07) is 0. The summed E-state index contributed by atoms with van der Waals surface area (Å²) >= 11 is 0. The largest absolute Gasteiger partial charge is 0.342 e. The number of rotatable bonds is 2. The molecule has 10 heteroatoms. The number of carbonyl (C=O) groups excluding carboxylic acids is 4. The normalized spacial score (nSPS) is 22.2. The summed E-state index contributed by atoms with van der Waals surface area (Å²) in [5.41, 5.74) is 0. The Bertz CT molecular complexity index is 389. The van der Waals surface area contributed by atoms with Gasteiger partial charge in [0.25, 0.3) is 0 Å². The van der Waals surface area contributed by atoms with Gasteiger partial charge in [0.05, 0.1) is 0 Å². The molecule has 10 nitrogen and oxygen atoms in total. The molecule has 0 spiro atoms. The Kier molecular flexibility index (Phi) is 4.30. The third-order valence-electron chi connectivity index (χ3n) is 2.64. The molecule has 0 aromatic heterocycles. The first-order valence-corrected chi connectivity index (χ1v) is 5.54. The summed E-state index contributed by atoms with van der Waals surface area (Å²) in [6.07, 6.45) is 0. The van der Waals surface area contributed by atoms with E-state index in [0.717, 1.165) is 0 Å². The van der Waals surface area contributed by atoms with E-state index < -0.39 is 35.3 Å². The Morgan fingerprint density at radius 3 is 0.950 bits per heavy atom. The van der Waals surface area contributed by atoms with E-state index in [1.165, 1.54) is 14.2 Å². The highest BCUT2D eigenvalue weighted by Crippen LogP contribution is 2.04. The van der Waals surface area contributed by atoms with Gasteiger partial charge in [-0.05, 0) is 0 Å². The standard InChI is InChI=1S/2C5H8N2O3/c2*1-5(10-2)6-3(8)4(9)7-5/h2*1-2H3,(H,6,8)(H,7,9). The minimum Gasteiger partial charge on any atom is -0.342 e. The fraction of sp³-hybridized carbons (Fsp3) is 0.600. The quantitative estimate of drug-likeness (QED) is 0.403. The molecule has 0 atom stereocenters. The lowest BCUT2D eigenvalue weighted by atomic mass is 10.5. The van der Waals surface area contributed by atoms with Crippen molar-refractivity contribution >= 4 is 23.6 Å². The van der Waals surface area contributed by atoms with Gasteiger partial charge in [0.2, 0.25) is 11.7 Å². The van der Waals surface area contributed by atoms with Crippen LogP contribution in [0.5, 0.6) is 0 Å². The maximum atomic E-state index is 10.5. The van der Waals surface area contributed by atoms with E-state index in [0.29, 0.717) is 0 Å². The number of ether oxygens (including phenoxy) is 2. The number of methoxy groups -OCH3 is 2. The van der Waals surface area contributed by atoms with Crippen molar-refractivity contribution in [1.82, 2.24) is 21.3 Å². The molecule has 0 saturated carbocycles. The molecule has 2 saturated heterocycles. The third-order valence-corrected chi connectivity index (χ3v) is 2.64. The maximum Gasteiger partial charge on any atom is 0.313 e. The second-order valence-electron chi connectivity index (χ2n) is 4.29. The second kappa shape index (κ2) is 5.43. The Labute approximate surface area is 114 Å². The lowest BCUT2D eigenvalue weighted by Gasteiger charge is -2.20. The van der Waals surface area contributed by atoms with Crippen LogP contribution in [0.2, 0.25) is 0 Å². The van der Waals surface area contributed by atoms with E-state index in [1.54, 1.807) is 13.8 Å². The number of hydrogen-bond acceptors (Lipinski definition) is 6. The number of hydrogen-bond donors (Lipinski definition) is 4. The van der Waals surface area contributed by atoms with Crippen LogP contribution in [0, 0.1) is 0 Å². The fourth-order valence-corrected chi connectivity index (χ4v) is 1.36. The molecule has 2 heterocycles. The highest BCUT2D eigenvalue weighted by Gasteiger charge is 2.39. The first-order valence-electron chi connectivity index (χ1n) is 5.54. The molecule has 4 N–H and O–H groups in total. The van der Waals surface area contributed by atoms with Crippen LogP contribution >= 0.6 is 0 Å². The van der Waals surface area contributed by atoms with E-state index >= 15 is 0 Å². The van der Waals surface area contributed by atoms with Gasteiger partial charge in [-0.15, -0.1) is 0 Å². The van der Waals surface area contributed by atoms with Gasteiger partial charge in [-0.2, -0.15) is 0 Å². The first-order chi connectivity index (χ1) is 9.14. The van der Waals surface area contributed by atoms with Crippen LogP contribution in [0.3, 0.4) is 0 Å². The zero-order chi connectivity index (χ0) is 15.6. The molecule has 2 aliphatic rings. The Hall–Kier alpha value is -2.20. The summed E-state index contributed by atoms with van der Waals surface area (Å²) in [5.74, 6) is -4.69. The predicted molar refractivity (Wildman–Crippen MR) is 63.4 cm³/mol. The van der Waals surface area contributed by atoms with E-state index in [-0.39, 0.29) is 0 Å². The van der Waals surface area contributed by atoms with Gasteiger partial charge in [0.1, 0.15) is 0 Å². The van der Waals surface area contributed by atoms with Crippen molar-refractivity contribution in [2.75, 3.05) is 14.2 Å². The summed E-state index contributed by atoms with van der Waals surface area (Å²) in [4.78, 5) is 42.2. The summed E-state index contributed by atoms with van der Waals surface area (Å²) in [7, 11) is 2.79. The van der Waals surface area contributed by atoms with E-state index in [4.69, 9.17) is 9.47 Å². The van der Waals surface area contributed by atoms with Crippen LogP contribution in [0.1, 0.15) is 13.8 Å². The SMILES string of the molecule is COC1(C)NC(=O)C(=O)N1.COC1(C)NC(=O)C(=O)N1. The molecule has 4 amide bonds. The van der Waals surface area contributed by atoms with E-state index in [9.17, 15) is 19.2 Å². The zero-order valence-corrected chi connectivity index (χ0v) is 11.4. The maximum absolute atomic E-state index is 10.5. The van der Waals surface area contributed by atoms with Gasteiger partial charge in [-0.1, -0.05) is 0 Å². The Morgan fingerprint density at radius 2 is 0.850 bits per heavy atom. The molecule has 0 aromatic carbocycles. The van der Waals surface area contributed by atoms with Gasteiger partial charge < -0.3 is 30.7 Å². The molecule has 20 heavy (non-hydrogen) atoms. The Morgan fingerprint density at radius 1 is 0.650 bits per heavy atom. The van der Waals surface area contributed by atoms with E-state index in [2.05, 4.69) is 21.3 Å². The highest BCUT2D eigenvalue weighted by molar-refractivity contribution is 6.37. The minimum atomic E-state index is -1.02. The summed E-state index contributed by atoms with van der Waals surface area (Å²) < 4.78 is 9.55. The highest BCUT2D eigenvalue weighted by atomic mass is 16.5. The summed E-state index contributed by atoms with van der Waals surface area (Å²) in [6.45, 7) is 3.10. The molecule has 2 rings (SSSR count). The van der Waals surface area contributed by atoms with Crippen molar-refractivity contribution in [2.45, 2.75) is 25.5 Å². The van der Waals surface area contributed by atoms with Crippen LogP contribution in [0.25, 0.3) is 0 Å². The number of nitrogens with one attached hydrogen (secondary N) is 4. The van der Waals surface area contributed by atoms with Gasteiger partial charge in [0, 0.05) is 28.1 Å². The summed E-state index contributed by atoms with van der Waals surface area (Å²) in [5, 5.41) is 9.23. The van der Waals surface area contributed by atoms with Gasteiger partial charge >= 0.3 is 23.6 Å². The van der Waals surface area contributed by atoms with Crippen molar-refractivity contribution in [3.63, 3.8) is 0 Å². The van der Waals surface area contributed by atoms with Crippen LogP contribution in [0.4, 0.5) is 0 Å². The van der Waals surface area contributed by atoms with Crippen LogP contribution < -0.4 is 21.3 Å². The lowest BCUT2D eigenvalue weighted by Crippen LogP contribution is -2.48. The Balaban J connectivity index is 0.000000200. The second-order valence-corrected chi connectivity index (χ2v) is 4.29. The predicted octanol–water partition coefficient (Wildman–Crippen LogP) is -2.89. The zero-order valence-electron chi connectivity index (χ0n) is 11.4. The fourth-order valence-electron chi connectivity index (χ4n) is 1.36. The molecule has 0 aliphatic carbocycles. The van der Waals surface area contributed by atoms with Crippen molar-refractivity contribution in [3.05, 3.63) is 0 Å². The van der Waals surface area contributed by atoms with Crippen molar-refractivity contribution in [2.24, 2.45) is 0 Å². The monoisotopic (exact) mass is 288 g/mol. The van der Waals surface area contributed by atoms with Crippen molar-refractivity contribution < 1.29 is 28.7 Å². The smallest absolute Gasteiger partial charge is 0.313 e. The van der Waals surface area contributed by atoms with Crippen molar-refractivity contribution in [3.8, 4) is 0 Å². The first kappa shape index (κ1) is 15.9. The average Bonchev–Trinajstić information content (AvgIpc) is 2.79. The molecular weight excluding hydrogens is 272 g/mol. The molecule has 2 fully saturated rings. The van der Waals surface area contributed by atoms with Crippen LogP contribution in [0.15, 0.2) is 0 Å². The minimum absolute atomic E-state index is 0.663. The topological polar surface area (TPSA) is 135 Å². The van der Waals surface area contributed by atoms with Crippen LogP contribution in [-0.2, 0) is 28.7 Å². The molecule has 0 aromatic rings. The van der Waals surface area contributed by atoms with Crippen LogP contribution in [-0.4, -0.2) is 49.5 Å². The van der Waals surface area contributed by atoms with Gasteiger partial charge in [-0.25, -0.2) is 0 Å². The molecule has 0 radical (unpaired) electrons. The molecule has 0 unspecified atom stereocenters. The lowest BCUT2D eigenvalue weighted by molar-refractivity contribution is -0.135. The van der Waals surface area contributed by atoms with E-state index in [1.807, 2.05) is 0 Å². The van der Waals surface area contributed by atoms with Crippen molar-refractivity contribution in [1.29, 1.82) is 0 Å². The van der Waals surface area contributed by atoms with Gasteiger partial charge in [-0.3, -0.25) is 19.2 Å². The number of carbonyl (C=O) groups is 4. The van der Waals surface area contributed by atoms with Gasteiger partial charge in [0.15, 0.2) is 0 Å². The third kappa shape index (κ3) is 3.42. The number of amides is 4. The molecular formula is C10H16N4O6. The molecule has 0 bridgehead atoms. The molecule has 2 aliphatic heterocycles.